The van der Waals surface area contributed by atoms with E-state index < -0.39 is 30.1 Å². The van der Waals surface area contributed by atoms with Gasteiger partial charge in [0.25, 0.3) is 0 Å². The van der Waals surface area contributed by atoms with Gasteiger partial charge in [-0.15, -0.1) is 0 Å². The summed E-state index contributed by atoms with van der Waals surface area (Å²) < 4.78 is 82.4. The van der Waals surface area contributed by atoms with Crippen molar-refractivity contribution in [2.75, 3.05) is 24.6 Å². The molecule has 1 aliphatic carbocycles. The van der Waals surface area contributed by atoms with Gasteiger partial charge in [0.2, 0.25) is 11.8 Å². The zero-order valence-corrected chi connectivity index (χ0v) is 18.8. The number of nitrogens with zero attached hydrogens (tertiary/aromatic N) is 4. The zero-order valence-electron chi connectivity index (χ0n) is 18.8. The van der Waals surface area contributed by atoms with Crippen LogP contribution in [0.5, 0.6) is 5.88 Å². The molecule has 9 nitrogen and oxygen atoms in total. The lowest BCUT2D eigenvalue weighted by molar-refractivity contribution is -0.193. The summed E-state index contributed by atoms with van der Waals surface area (Å²) in [4.78, 5) is 32.4. The fourth-order valence-electron chi connectivity index (χ4n) is 3.92. The molecule has 0 radical (unpaired) electrons. The summed E-state index contributed by atoms with van der Waals surface area (Å²) in [7, 11) is 0. The summed E-state index contributed by atoms with van der Waals surface area (Å²) >= 11 is 0. The Bertz CT molecular complexity index is 1010. The van der Waals surface area contributed by atoms with Crippen LogP contribution in [0.15, 0.2) is 36.8 Å². The van der Waals surface area contributed by atoms with Crippen molar-refractivity contribution in [3.63, 3.8) is 0 Å². The number of pyridine rings is 1. The van der Waals surface area contributed by atoms with Crippen LogP contribution in [0.25, 0.3) is 0 Å². The predicted octanol–water partition coefficient (Wildman–Crippen LogP) is 3.96. The number of alkyl halides is 6. The van der Waals surface area contributed by atoms with E-state index in [0.29, 0.717) is 24.4 Å². The van der Waals surface area contributed by atoms with E-state index in [-0.39, 0.29) is 5.41 Å². The number of carboxylic acids is 2. The Hall–Kier alpha value is -3.72. The van der Waals surface area contributed by atoms with E-state index >= 15 is 0 Å². The van der Waals surface area contributed by atoms with Crippen LogP contribution in [0.4, 0.5) is 36.7 Å². The average molecular weight is 542 g/mol. The van der Waals surface area contributed by atoms with Crippen LogP contribution < -0.4 is 9.64 Å². The average Bonchev–Trinajstić information content (AvgIpc) is 3.36. The van der Waals surface area contributed by atoms with Crippen molar-refractivity contribution >= 4 is 17.9 Å². The van der Waals surface area contributed by atoms with Gasteiger partial charge in [0.15, 0.2) is 5.82 Å². The lowest BCUT2D eigenvalue weighted by atomic mass is 9.82. The fraction of sp³-hybridized carbons (Fsp3) is 0.476. The number of carbonyl (C=O) groups is 2. The Balaban J connectivity index is 0.000000286. The van der Waals surface area contributed by atoms with E-state index in [1.807, 2.05) is 18.2 Å². The number of hydrogen-bond donors (Lipinski definition) is 2. The third kappa shape index (κ3) is 8.71. The molecule has 16 heteroatoms. The molecule has 2 aromatic heterocycles. The maximum atomic E-state index is 13.0. The normalized spacial score (nSPS) is 20.6. The summed E-state index contributed by atoms with van der Waals surface area (Å²) in [5.74, 6) is -4.07. The third-order valence-corrected chi connectivity index (χ3v) is 5.56. The second-order valence-electron chi connectivity index (χ2n) is 8.10. The number of hydrogen-bond acceptors (Lipinski definition) is 7. The van der Waals surface area contributed by atoms with Gasteiger partial charge in [-0.05, 0) is 24.8 Å². The van der Waals surface area contributed by atoms with E-state index in [9.17, 15) is 30.7 Å². The summed E-state index contributed by atoms with van der Waals surface area (Å²) in [6.07, 6.45) is -2.40. The topological polar surface area (TPSA) is 126 Å². The molecule has 1 aliphatic heterocycles. The van der Waals surface area contributed by atoms with Crippen LogP contribution in [0.3, 0.4) is 0 Å². The maximum Gasteiger partial charge on any atom is 0.490 e. The molecule has 3 heterocycles. The van der Waals surface area contributed by atoms with Crippen LogP contribution in [0.1, 0.15) is 19.3 Å². The molecule has 1 saturated carbocycles. The molecular weight excluding hydrogens is 521 g/mol. The van der Waals surface area contributed by atoms with Crippen LogP contribution in [-0.2, 0) is 9.59 Å². The third-order valence-electron chi connectivity index (χ3n) is 5.56. The van der Waals surface area contributed by atoms with Crippen molar-refractivity contribution in [3.8, 4) is 5.88 Å². The highest BCUT2D eigenvalue weighted by Gasteiger charge is 2.50. The van der Waals surface area contributed by atoms with Crippen molar-refractivity contribution in [3.05, 3.63) is 42.6 Å². The molecule has 204 valence electrons. The highest BCUT2D eigenvalue weighted by atomic mass is 19.4. The molecule has 0 amide bonds. The van der Waals surface area contributed by atoms with Crippen LogP contribution in [0.2, 0.25) is 0 Å². The largest absolute Gasteiger partial charge is 0.490 e. The highest BCUT2D eigenvalue weighted by molar-refractivity contribution is 5.73. The molecule has 0 bridgehead atoms. The monoisotopic (exact) mass is 542 g/mol. The first kappa shape index (κ1) is 29.5. The lowest BCUT2D eigenvalue weighted by Crippen LogP contribution is -2.34. The van der Waals surface area contributed by atoms with Gasteiger partial charge in [-0.25, -0.2) is 28.9 Å². The summed E-state index contributed by atoms with van der Waals surface area (Å²) in [6.45, 7) is 2.43. The number of rotatable bonds is 4. The minimum Gasteiger partial charge on any atom is -0.477 e. The SMILES string of the molecule is Fc1cnc(N2C[C@H]3CCC[C@@]3(COc3ccccn3)C2)nc1.O=C(O)C(F)(F)F.O=C(O)C(F)(F)F. The first-order chi connectivity index (χ1) is 17.1. The molecule has 37 heavy (non-hydrogen) atoms. The zero-order chi connectivity index (χ0) is 27.9. The molecule has 2 aliphatic rings. The van der Waals surface area contributed by atoms with Crippen LogP contribution in [-0.4, -0.2) is 69.2 Å². The smallest absolute Gasteiger partial charge is 0.477 e. The van der Waals surface area contributed by atoms with Gasteiger partial charge in [-0.3, -0.25) is 0 Å². The summed E-state index contributed by atoms with van der Waals surface area (Å²) in [6, 6.07) is 5.70. The molecule has 1 saturated heterocycles. The molecule has 0 spiro atoms. The van der Waals surface area contributed by atoms with E-state index in [1.54, 1.807) is 6.20 Å². The number of aromatic nitrogens is 3. The predicted molar refractivity (Wildman–Crippen MR) is 111 cm³/mol. The molecule has 2 atom stereocenters. The minimum absolute atomic E-state index is 0.120. The van der Waals surface area contributed by atoms with Gasteiger partial charge in [0.1, 0.15) is 0 Å². The van der Waals surface area contributed by atoms with Gasteiger partial charge in [-0.2, -0.15) is 26.3 Å². The Labute approximate surface area is 204 Å². The van der Waals surface area contributed by atoms with E-state index in [0.717, 1.165) is 19.5 Å². The standard InChI is InChI=1S/C17H19FN4O.2C2HF3O2/c18-14-8-20-16(21-9-14)22-10-13-4-3-6-17(13,11-22)12-23-15-5-1-2-7-19-15;2*3-2(4,5)1(6)7/h1-2,5,7-9,13H,3-4,6,10-12H2;2*(H,6,7)/t13-,17+;;/m1../s1. The Morgan fingerprint density at radius 1 is 1.03 bits per heavy atom. The molecular formula is C21H21F7N4O5. The quantitative estimate of drug-likeness (QED) is 0.552. The van der Waals surface area contributed by atoms with Crippen LogP contribution >= 0.6 is 0 Å². The second-order valence-corrected chi connectivity index (χ2v) is 8.10. The number of ether oxygens (including phenoxy) is 1. The molecule has 2 N–H and O–H groups in total. The van der Waals surface area contributed by atoms with Gasteiger partial charge >= 0.3 is 24.3 Å². The fourth-order valence-corrected chi connectivity index (χ4v) is 3.92. The molecule has 0 unspecified atom stereocenters. The number of halogens is 7. The number of carboxylic acid groups (broad SMARTS) is 2. The number of aliphatic carboxylic acids is 2. The number of fused-ring (bicyclic) bond motifs is 1. The minimum atomic E-state index is -5.08. The van der Waals surface area contributed by atoms with E-state index in [2.05, 4.69) is 19.9 Å². The summed E-state index contributed by atoms with van der Waals surface area (Å²) in [5, 5.41) is 14.2. The van der Waals surface area contributed by atoms with E-state index in [4.69, 9.17) is 24.5 Å². The maximum absolute atomic E-state index is 13.0. The summed E-state index contributed by atoms with van der Waals surface area (Å²) in [5.41, 5.74) is 0.120. The van der Waals surface area contributed by atoms with Gasteiger partial charge in [0, 0.05) is 30.8 Å². The molecule has 2 fully saturated rings. The van der Waals surface area contributed by atoms with Crippen molar-refractivity contribution in [2.45, 2.75) is 31.6 Å². The highest BCUT2D eigenvalue weighted by Crippen LogP contribution is 2.49. The Kier molecular flexibility index (Phi) is 9.58. The van der Waals surface area contributed by atoms with Gasteiger partial charge in [0.05, 0.1) is 19.0 Å². The molecule has 2 aromatic rings. The van der Waals surface area contributed by atoms with Gasteiger partial charge < -0.3 is 19.8 Å². The van der Waals surface area contributed by atoms with Crippen molar-refractivity contribution in [2.24, 2.45) is 11.3 Å². The van der Waals surface area contributed by atoms with E-state index in [1.165, 1.54) is 25.2 Å². The van der Waals surface area contributed by atoms with Gasteiger partial charge in [-0.1, -0.05) is 12.5 Å². The second kappa shape index (κ2) is 12.0. The molecule has 4 rings (SSSR count). The van der Waals surface area contributed by atoms with Crippen molar-refractivity contribution in [1.29, 1.82) is 0 Å². The first-order valence-corrected chi connectivity index (χ1v) is 10.5. The molecule has 0 aromatic carbocycles. The Morgan fingerprint density at radius 3 is 2.08 bits per heavy atom. The lowest BCUT2D eigenvalue weighted by Gasteiger charge is -2.28. The number of anilines is 1. The Morgan fingerprint density at radius 2 is 1.59 bits per heavy atom. The first-order valence-electron chi connectivity index (χ1n) is 10.5. The van der Waals surface area contributed by atoms with Crippen molar-refractivity contribution in [1.82, 2.24) is 15.0 Å². The van der Waals surface area contributed by atoms with Crippen molar-refractivity contribution < 1.29 is 55.3 Å². The van der Waals surface area contributed by atoms with Crippen LogP contribution in [0, 0.1) is 17.2 Å².